The standard InChI is InChI=1S/C10H6Cl2F3N3O2/c11-5-1-4(10(13,14)15)2-6(12)8(5)18-9(20)16-7(3-19)17-18/h1-2,19H,3H2,(H,16,17,20). The van der Waals surface area contributed by atoms with Gasteiger partial charge < -0.3 is 5.11 Å². The second kappa shape index (κ2) is 5.12. The first-order valence-electron chi connectivity index (χ1n) is 5.09. The van der Waals surface area contributed by atoms with Crippen molar-refractivity contribution in [1.82, 2.24) is 14.8 Å². The lowest BCUT2D eigenvalue weighted by Gasteiger charge is -2.11. The molecule has 108 valence electrons. The van der Waals surface area contributed by atoms with E-state index in [1.165, 1.54) is 0 Å². The van der Waals surface area contributed by atoms with Crippen molar-refractivity contribution >= 4 is 23.2 Å². The molecule has 0 unspecified atom stereocenters. The van der Waals surface area contributed by atoms with Crippen LogP contribution in [0.5, 0.6) is 0 Å². The summed E-state index contributed by atoms with van der Waals surface area (Å²) in [7, 11) is 0. The third kappa shape index (κ3) is 2.67. The molecule has 2 rings (SSSR count). The number of aliphatic hydroxyl groups is 1. The quantitative estimate of drug-likeness (QED) is 0.889. The maximum atomic E-state index is 12.6. The molecule has 10 heteroatoms. The molecule has 5 nitrogen and oxygen atoms in total. The summed E-state index contributed by atoms with van der Waals surface area (Å²) in [5, 5.41) is 11.7. The number of H-pyrrole nitrogens is 1. The van der Waals surface area contributed by atoms with Crippen LogP contribution < -0.4 is 5.69 Å². The van der Waals surface area contributed by atoms with Crippen molar-refractivity contribution in [2.45, 2.75) is 12.8 Å². The van der Waals surface area contributed by atoms with Crippen molar-refractivity contribution in [2.75, 3.05) is 0 Å². The van der Waals surface area contributed by atoms with Crippen molar-refractivity contribution in [2.24, 2.45) is 0 Å². The van der Waals surface area contributed by atoms with E-state index in [1.54, 1.807) is 0 Å². The van der Waals surface area contributed by atoms with E-state index in [1.807, 2.05) is 0 Å². The molecule has 0 bridgehead atoms. The molecule has 0 aliphatic rings. The van der Waals surface area contributed by atoms with Gasteiger partial charge in [-0.15, -0.1) is 5.10 Å². The Bertz CT molecular complexity index is 685. The monoisotopic (exact) mass is 327 g/mol. The van der Waals surface area contributed by atoms with Crippen molar-refractivity contribution < 1.29 is 18.3 Å². The molecule has 0 spiro atoms. The average molecular weight is 328 g/mol. The molecule has 2 N–H and O–H groups in total. The van der Waals surface area contributed by atoms with Crippen LogP contribution in [0.4, 0.5) is 13.2 Å². The van der Waals surface area contributed by atoms with E-state index in [-0.39, 0.29) is 21.6 Å². The molecule has 1 aromatic heterocycles. The van der Waals surface area contributed by atoms with Crippen LogP contribution in [0.3, 0.4) is 0 Å². The molecule has 0 amide bonds. The number of aliphatic hydroxyl groups excluding tert-OH is 1. The van der Waals surface area contributed by atoms with Crippen LogP contribution in [0.15, 0.2) is 16.9 Å². The molecular weight excluding hydrogens is 322 g/mol. The Morgan fingerprint density at radius 2 is 1.85 bits per heavy atom. The number of aromatic nitrogens is 3. The fraction of sp³-hybridized carbons (Fsp3) is 0.200. The molecule has 0 aliphatic carbocycles. The lowest BCUT2D eigenvalue weighted by Crippen LogP contribution is -2.17. The van der Waals surface area contributed by atoms with E-state index < -0.39 is 24.0 Å². The van der Waals surface area contributed by atoms with E-state index >= 15 is 0 Å². The molecule has 0 aliphatic heterocycles. The number of benzene rings is 1. The summed E-state index contributed by atoms with van der Waals surface area (Å²) >= 11 is 11.5. The minimum Gasteiger partial charge on any atom is -0.388 e. The molecular formula is C10H6Cl2F3N3O2. The summed E-state index contributed by atoms with van der Waals surface area (Å²) in [6.45, 7) is -0.544. The van der Waals surface area contributed by atoms with Crippen LogP contribution >= 0.6 is 23.2 Å². The van der Waals surface area contributed by atoms with E-state index in [9.17, 15) is 18.0 Å². The Kier molecular flexibility index (Phi) is 3.81. The Hall–Kier alpha value is -1.51. The van der Waals surface area contributed by atoms with Crippen LogP contribution in [-0.4, -0.2) is 19.9 Å². The predicted molar refractivity (Wildman–Crippen MR) is 65.1 cm³/mol. The summed E-state index contributed by atoms with van der Waals surface area (Å²) in [4.78, 5) is 13.8. The Labute approximate surface area is 119 Å². The van der Waals surface area contributed by atoms with E-state index in [4.69, 9.17) is 28.3 Å². The van der Waals surface area contributed by atoms with Crippen LogP contribution in [0.25, 0.3) is 5.69 Å². The normalized spacial score (nSPS) is 11.9. The van der Waals surface area contributed by atoms with Crippen LogP contribution in [-0.2, 0) is 12.8 Å². The number of hydrogen-bond acceptors (Lipinski definition) is 3. The molecule has 2 aromatic rings. The van der Waals surface area contributed by atoms with Gasteiger partial charge in [-0.05, 0) is 12.1 Å². The van der Waals surface area contributed by atoms with Crippen molar-refractivity contribution in [3.63, 3.8) is 0 Å². The summed E-state index contributed by atoms with van der Waals surface area (Å²) in [6, 6.07) is 1.28. The van der Waals surface area contributed by atoms with Gasteiger partial charge >= 0.3 is 11.9 Å². The van der Waals surface area contributed by atoms with Gasteiger partial charge in [-0.25, -0.2) is 4.79 Å². The van der Waals surface area contributed by atoms with Gasteiger partial charge in [0.05, 0.1) is 15.6 Å². The third-order valence-corrected chi connectivity index (χ3v) is 2.95. The highest BCUT2D eigenvalue weighted by atomic mass is 35.5. The number of nitrogens with one attached hydrogen (secondary N) is 1. The first-order valence-corrected chi connectivity index (χ1v) is 5.85. The van der Waals surface area contributed by atoms with E-state index in [2.05, 4.69) is 10.1 Å². The highest BCUT2D eigenvalue weighted by Gasteiger charge is 2.32. The zero-order valence-corrected chi connectivity index (χ0v) is 11.0. The van der Waals surface area contributed by atoms with Gasteiger partial charge in [0.1, 0.15) is 12.3 Å². The third-order valence-electron chi connectivity index (χ3n) is 2.37. The zero-order valence-electron chi connectivity index (χ0n) is 9.50. The first kappa shape index (κ1) is 14.9. The van der Waals surface area contributed by atoms with Crippen LogP contribution in [0.1, 0.15) is 11.4 Å². The molecule has 0 saturated heterocycles. The number of nitrogens with zero attached hydrogens (tertiary/aromatic N) is 2. The number of hydrogen-bond donors (Lipinski definition) is 2. The molecule has 0 saturated carbocycles. The Morgan fingerprint density at radius 3 is 2.25 bits per heavy atom. The van der Waals surface area contributed by atoms with Crippen molar-refractivity contribution in [3.05, 3.63) is 44.1 Å². The van der Waals surface area contributed by atoms with Gasteiger partial charge in [0, 0.05) is 0 Å². The lowest BCUT2D eigenvalue weighted by atomic mass is 10.2. The molecule has 0 fully saturated rings. The Morgan fingerprint density at radius 1 is 1.30 bits per heavy atom. The van der Waals surface area contributed by atoms with Gasteiger partial charge in [0.15, 0.2) is 5.82 Å². The summed E-state index contributed by atoms with van der Waals surface area (Å²) in [5.74, 6) is -0.0676. The van der Waals surface area contributed by atoms with Crippen LogP contribution in [0.2, 0.25) is 10.0 Å². The number of halogens is 5. The summed E-state index contributed by atoms with van der Waals surface area (Å²) < 4.78 is 38.4. The smallest absolute Gasteiger partial charge is 0.388 e. The average Bonchev–Trinajstić information content (AvgIpc) is 2.69. The van der Waals surface area contributed by atoms with Gasteiger partial charge in [-0.1, -0.05) is 23.2 Å². The Balaban J connectivity index is 2.64. The largest absolute Gasteiger partial charge is 0.416 e. The lowest BCUT2D eigenvalue weighted by molar-refractivity contribution is -0.137. The minimum absolute atomic E-state index is 0.0676. The fourth-order valence-electron chi connectivity index (χ4n) is 1.52. The van der Waals surface area contributed by atoms with E-state index in [0.717, 1.165) is 0 Å². The molecule has 1 aromatic carbocycles. The fourth-order valence-corrected chi connectivity index (χ4v) is 2.17. The van der Waals surface area contributed by atoms with Gasteiger partial charge in [0.2, 0.25) is 0 Å². The highest BCUT2D eigenvalue weighted by Crippen LogP contribution is 2.36. The number of alkyl halides is 3. The maximum absolute atomic E-state index is 12.6. The molecule has 20 heavy (non-hydrogen) atoms. The van der Waals surface area contributed by atoms with E-state index in [0.29, 0.717) is 16.8 Å². The van der Waals surface area contributed by atoms with Gasteiger partial charge in [-0.3, -0.25) is 4.98 Å². The zero-order chi connectivity index (χ0) is 15.1. The molecule has 1 heterocycles. The second-order valence-corrected chi connectivity index (χ2v) is 4.55. The maximum Gasteiger partial charge on any atom is 0.416 e. The predicted octanol–water partition coefficient (Wildman–Crippen LogP) is 2.38. The number of aromatic amines is 1. The van der Waals surface area contributed by atoms with Crippen molar-refractivity contribution in [1.29, 1.82) is 0 Å². The van der Waals surface area contributed by atoms with Gasteiger partial charge in [-0.2, -0.15) is 17.9 Å². The second-order valence-electron chi connectivity index (χ2n) is 3.73. The molecule has 0 atom stereocenters. The van der Waals surface area contributed by atoms with Crippen LogP contribution in [0, 0.1) is 0 Å². The number of rotatable bonds is 2. The van der Waals surface area contributed by atoms with Gasteiger partial charge in [0.25, 0.3) is 0 Å². The minimum atomic E-state index is -4.61. The van der Waals surface area contributed by atoms with Crippen molar-refractivity contribution in [3.8, 4) is 5.69 Å². The first-order chi connectivity index (χ1) is 9.24. The molecule has 0 radical (unpaired) electrons. The summed E-state index contributed by atoms with van der Waals surface area (Å²) in [6.07, 6.45) is -4.61. The highest BCUT2D eigenvalue weighted by molar-refractivity contribution is 6.37. The topological polar surface area (TPSA) is 70.9 Å². The SMILES string of the molecule is O=c1[nH]c(CO)nn1-c1c(Cl)cc(C(F)(F)F)cc1Cl. The summed E-state index contributed by atoms with van der Waals surface area (Å²) in [5.41, 5.74) is -2.01.